The zero-order valence-electron chi connectivity index (χ0n) is 9.96. The second kappa shape index (κ2) is 7.70. The Bertz CT molecular complexity index is 266. The van der Waals surface area contributed by atoms with Gasteiger partial charge in [-0.1, -0.05) is 39.0 Å². The van der Waals surface area contributed by atoms with Crippen molar-refractivity contribution >= 4 is 6.29 Å². The molecule has 0 unspecified atom stereocenters. The van der Waals surface area contributed by atoms with Gasteiger partial charge in [-0.15, -0.1) is 0 Å². The molecule has 0 saturated heterocycles. The van der Waals surface area contributed by atoms with Crippen LogP contribution in [0.25, 0.3) is 0 Å². The average Bonchev–Trinajstić information content (AvgIpc) is 2.27. The number of aldehydes is 1. The summed E-state index contributed by atoms with van der Waals surface area (Å²) in [5.74, 6) is 0. The summed E-state index contributed by atoms with van der Waals surface area (Å²) in [5.41, 5.74) is -2.65. The molecule has 0 aliphatic rings. The molecule has 0 aromatic carbocycles. The van der Waals surface area contributed by atoms with Crippen LogP contribution < -0.4 is 0 Å². The van der Waals surface area contributed by atoms with E-state index in [-0.39, 0.29) is 12.7 Å². The van der Waals surface area contributed by atoms with Gasteiger partial charge in [0, 0.05) is 0 Å². The Hall–Kier alpha value is -1.53. The van der Waals surface area contributed by atoms with Gasteiger partial charge in [0.2, 0.25) is 0 Å². The molecule has 0 heterocycles. The van der Waals surface area contributed by atoms with E-state index >= 15 is 0 Å². The normalized spacial score (nSPS) is 11.1. The predicted octanol–water partition coefficient (Wildman–Crippen LogP) is 2.19. The summed E-state index contributed by atoms with van der Waals surface area (Å²) in [7, 11) is 0. The van der Waals surface area contributed by atoms with Crippen LogP contribution in [-0.2, 0) is 4.79 Å². The molecular weight excluding hydrogens is 228 g/mol. The average molecular weight is 246 g/mol. The number of rotatable bonds is 10. The van der Waals surface area contributed by atoms with E-state index in [2.05, 4.69) is 6.92 Å². The Labute approximate surface area is 99.5 Å². The highest BCUT2D eigenvalue weighted by atomic mass is 16.7. The van der Waals surface area contributed by atoms with Crippen molar-refractivity contribution in [3.8, 4) is 0 Å². The Morgan fingerprint density at radius 1 is 1.00 bits per heavy atom. The number of carbonyl (C=O) groups excluding carboxylic acids is 1. The van der Waals surface area contributed by atoms with Gasteiger partial charge in [-0.05, 0) is 6.42 Å². The van der Waals surface area contributed by atoms with E-state index in [4.69, 9.17) is 0 Å². The highest BCUT2D eigenvalue weighted by molar-refractivity contribution is 5.59. The maximum atomic E-state index is 10.6. The van der Waals surface area contributed by atoms with Gasteiger partial charge in [-0.3, -0.25) is 25.0 Å². The van der Waals surface area contributed by atoms with Crippen molar-refractivity contribution in [2.75, 3.05) is 0 Å². The van der Waals surface area contributed by atoms with Gasteiger partial charge >= 0.3 is 5.66 Å². The summed E-state index contributed by atoms with van der Waals surface area (Å²) in [4.78, 5) is 29.6. The van der Waals surface area contributed by atoms with Crippen molar-refractivity contribution < 1.29 is 14.6 Å². The summed E-state index contributed by atoms with van der Waals surface area (Å²) in [6.45, 7) is 2.07. The van der Waals surface area contributed by atoms with Crippen molar-refractivity contribution in [2.45, 2.75) is 57.5 Å². The quantitative estimate of drug-likeness (QED) is 0.193. The first-order valence-electron chi connectivity index (χ1n) is 5.76. The first-order chi connectivity index (χ1) is 8.01. The van der Waals surface area contributed by atoms with Gasteiger partial charge in [0.15, 0.2) is 0 Å². The lowest BCUT2D eigenvalue weighted by atomic mass is 10.0. The fourth-order valence-corrected chi connectivity index (χ4v) is 1.56. The van der Waals surface area contributed by atoms with Crippen LogP contribution in [0.4, 0.5) is 0 Å². The summed E-state index contributed by atoms with van der Waals surface area (Å²) in [5, 5.41) is 21.2. The zero-order chi connectivity index (χ0) is 13.3. The fraction of sp³-hybridized carbons (Fsp3) is 0.900. The molecule has 7 nitrogen and oxygen atoms in total. The molecular formula is C10H18N2O5. The third-order valence-corrected chi connectivity index (χ3v) is 2.72. The molecule has 0 N–H and O–H groups in total. The van der Waals surface area contributed by atoms with Crippen molar-refractivity contribution in [1.82, 2.24) is 0 Å². The molecule has 0 rings (SSSR count). The van der Waals surface area contributed by atoms with Crippen molar-refractivity contribution in [3.63, 3.8) is 0 Å². The van der Waals surface area contributed by atoms with Crippen LogP contribution in [0.5, 0.6) is 0 Å². The largest absolute Gasteiger partial charge is 0.512 e. The van der Waals surface area contributed by atoms with E-state index in [1.165, 1.54) is 0 Å². The zero-order valence-corrected chi connectivity index (χ0v) is 9.96. The van der Waals surface area contributed by atoms with Gasteiger partial charge in [-0.2, -0.15) is 0 Å². The summed E-state index contributed by atoms with van der Waals surface area (Å²) in [6.07, 6.45) is 4.58. The molecule has 0 aromatic rings. The molecule has 0 atom stereocenters. The molecule has 17 heavy (non-hydrogen) atoms. The van der Waals surface area contributed by atoms with E-state index in [0.29, 0.717) is 12.8 Å². The Morgan fingerprint density at radius 3 is 1.88 bits per heavy atom. The summed E-state index contributed by atoms with van der Waals surface area (Å²) in [6, 6.07) is 0. The SMILES string of the molecule is CCCCCCCCC(C=O)([N+](=O)[O-])[N+](=O)[O-]. The topological polar surface area (TPSA) is 103 Å². The Kier molecular flexibility index (Phi) is 7.00. The summed E-state index contributed by atoms with van der Waals surface area (Å²) < 4.78 is 0. The lowest BCUT2D eigenvalue weighted by Crippen LogP contribution is -2.47. The fourth-order valence-electron chi connectivity index (χ4n) is 1.56. The lowest BCUT2D eigenvalue weighted by molar-refractivity contribution is -0.774. The van der Waals surface area contributed by atoms with Gasteiger partial charge in [0.05, 0.1) is 6.42 Å². The van der Waals surface area contributed by atoms with E-state index < -0.39 is 15.5 Å². The molecule has 0 amide bonds. The molecule has 0 aromatic heterocycles. The van der Waals surface area contributed by atoms with Crippen molar-refractivity contribution in [3.05, 3.63) is 20.2 Å². The highest BCUT2D eigenvalue weighted by Crippen LogP contribution is 2.18. The van der Waals surface area contributed by atoms with Crippen LogP contribution in [0.15, 0.2) is 0 Å². The summed E-state index contributed by atoms with van der Waals surface area (Å²) >= 11 is 0. The van der Waals surface area contributed by atoms with E-state index in [1.54, 1.807) is 0 Å². The van der Waals surface area contributed by atoms with Crippen LogP contribution in [0.2, 0.25) is 0 Å². The van der Waals surface area contributed by atoms with Gasteiger partial charge in [0.25, 0.3) is 6.29 Å². The smallest absolute Gasteiger partial charge is 0.287 e. The number of hydrogen-bond acceptors (Lipinski definition) is 5. The molecule has 0 spiro atoms. The predicted molar refractivity (Wildman–Crippen MR) is 60.8 cm³/mol. The molecule has 0 aliphatic heterocycles. The third kappa shape index (κ3) is 4.46. The first kappa shape index (κ1) is 15.5. The van der Waals surface area contributed by atoms with E-state index in [0.717, 1.165) is 25.7 Å². The minimum Gasteiger partial charge on any atom is -0.287 e. The molecule has 98 valence electrons. The number of unbranched alkanes of at least 4 members (excludes halogenated alkanes) is 5. The van der Waals surface area contributed by atoms with E-state index in [1.807, 2.05) is 0 Å². The standard InChI is InChI=1S/C10H18N2O5/c1-2-3-4-5-6-7-8-10(9-13,11(14)15)12(16)17/h9H,2-8H2,1H3. The second-order valence-electron chi connectivity index (χ2n) is 4.03. The maximum absolute atomic E-state index is 10.6. The van der Waals surface area contributed by atoms with Crippen LogP contribution in [0.3, 0.4) is 0 Å². The number of hydrogen-bond donors (Lipinski definition) is 0. The van der Waals surface area contributed by atoms with Crippen LogP contribution >= 0.6 is 0 Å². The second-order valence-corrected chi connectivity index (χ2v) is 4.03. The number of nitrogens with zero attached hydrogens (tertiary/aromatic N) is 2. The third-order valence-electron chi connectivity index (χ3n) is 2.72. The Morgan fingerprint density at radius 2 is 1.47 bits per heavy atom. The molecule has 0 bridgehead atoms. The molecule has 0 saturated carbocycles. The minimum absolute atomic E-state index is 0.168. The van der Waals surface area contributed by atoms with Crippen molar-refractivity contribution in [1.29, 1.82) is 0 Å². The van der Waals surface area contributed by atoms with Crippen LogP contribution in [0, 0.1) is 20.2 Å². The van der Waals surface area contributed by atoms with Gasteiger partial charge in [-0.25, -0.2) is 0 Å². The Balaban J connectivity index is 4.15. The van der Waals surface area contributed by atoms with Crippen molar-refractivity contribution in [2.24, 2.45) is 0 Å². The molecule has 0 radical (unpaired) electrons. The monoisotopic (exact) mass is 246 g/mol. The maximum Gasteiger partial charge on any atom is 0.512 e. The molecule has 0 fully saturated rings. The lowest BCUT2D eigenvalue weighted by Gasteiger charge is -2.10. The first-order valence-corrected chi connectivity index (χ1v) is 5.76. The molecule has 0 aliphatic carbocycles. The minimum atomic E-state index is -2.65. The van der Waals surface area contributed by atoms with Gasteiger partial charge in [0.1, 0.15) is 9.85 Å². The highest BCUT2D eigenvalue weighted by Gasteiger charge is 2.55. The van der Waals surface area contributed by atoms with Crippen LogP contribution in [0.1, 0.15) is 51.9 Å². The number of nitro groups is 2. The van der Waals surface area contributed by atoms with Crippen LogP contribution in [-0.4, -0.2) is 21.8 Å². The molecule has 7 heteroatoms. The number of carbonyl (C=O) groups is 1. The van der Waals surface area contributed by atoms with Gasteiger partial charge < -0.3 is 0 Å². The van der Waals surface area contributed by atoms with E-state index in [9.17, 15) is 25.0 Å².